The molecule has 0 N–H and O–H groups in total. The van der Waals surface area contributed by atoms with Crippen molar-refractivity contribution in [2.45, 2.75) is 26.7 Å². The molecule has 0 unspecified atom stereocenters. The number of amides is 1. The number of aromatic nitrogens is 2. The number of hydrogen-bond donors (Lipinski definition) is 0. The van der Waals surface area contributed by atoms with Gasteiger partial charge in [0, 0.05) is 48.9 Å². The van der Waals surface area contributed by atoms with Crippen molar-refractivity contribution in [3.8, 4) is 0 Å². The average molecular weight is 441 g/mol. The van der Waals surface area contributed by atoms with Crippen molar-refractivity contribution in [1.29, 1.82) is 0 Å². The van der Waals surface area contributed by atoms with E-state index in [1.54, 1.807) is 0 Å². The van der Waals surface area contributed by atoms with Gasteiger partial charge in [0.1, 0.15) is 11.6 Å². The summed E-state index contributed by atoms with van der Waals surface area (Å²) in [5.74, 6) is 1.89. The van der Waals surface area contributed by atoms with Gasteiger partial charge in [-0.15, -0.1) is 11.3 Å². The maximum absolute atomic E-state index is 12.8. The largest absolute Gasteiger partial charge is 0.354 e. The predicted octanol–water partition coefficient (Wildman–Crippen LogP) is 4.75. The summed E-state index contributed by atoms with van der Waals surface area (Å²) in [6.07, 6.45) is 1.67. The van der Waals surface area contributed by atoms with E-state index < -0.39 is 0 Å². The molecule has 4 rings (SSSR count). The fourth-order valence-electron chi connectivity index (χ4n) is 3.88. The van der Waals surface area contributed by atoms with Crippen LogP contribution in [0, 0.1) is 13.8 Å². The molecule has 1 fully saturated rings. The highest BCUT2D eigenvalue weighted by Gasteiger charge is 2.24. The van der Waals surface area contributed by atoms with E-state index in [0.717, 1.165) is 65.3 Å². The quantitative estimate of drug-likeness (QED) is 0.587. The van der Waals surface area contributed by atoms with Gasteiger partial charge in [-0.25, -0.2) is 9.97 Å². The first-order chi connectivity index (χ1) is 14.5. The minimum atomic E-state index is 0.128. The van der Waals surface area contributed by atoms with Crippen molar-refractivity contribution in [1.82, 2.24) is 14.9 Å². The van der Waals surface area contributed by atoms with Gasteiger partial charge in [0.05, 0.1) is 4.88 Å². The smallest absolute Gasteiger partial charge is 0.263 e. The molecule has 7 heteroatoms. The topological polar surface area (TPSA) is 49.3 Å². The van der Waals surface area contributed by atoms with E-state index >= 15 is 0 Å². The Labute approximate surface area is 186 Å². The monoisotopic (exact) mass is 440 g/mol. The first-order valence-corrected chi connectivity index (χ1v) is 11.4. The summed E-state index contributed by atoms with van der Waals surface area (Å²) < 4.78 is 0. The van der Waals surface area contributed by atoms with Gasteiger partial charge >= 0.3 is 0 Å². The second kappa shape index (κ2) is 9.14. The van der Waals surface area contributed by atoms with E-state index in [9.17, 15) is 4.79 Å². The summed E-state index contributed by atoms with van der Waals surface area (Å²) in [7, 11) is 0. The third-order valence-corrected chi connectivity index (χ3v) is 6.52. The zero-order valence-electron chi connectivity index (χ0n) is 17.3. The molecule has 2 aromatic heterocycles. The minimum Gasteiger partial charge on any atom is -0.354 e. The first kappa shape index (κ1) is 20.8. The molecule has 1 saturated heterocycles. The van der Waals surface area contributed by atoms with Crippen molar-refractivity contribution >= 4 is 34.7 Å². The number of halogens is 1. The van der Waals surface area contributed by atoms with Gasteiger partial charge in [0.25, 0.3) is 5.91 Å². The predicted molar refractivity (Wildman–Crippen MR) is 123 cm³/mol. The van der Waals surface area contributed by atoms with Crippen LogP contribution >= 0.6 is 22.9 Å². The molecule has 0 spiro atoms. The Morgan fingerprint density at radius 1 is 1.07 bits per heavy atom. The van der Waals surface area contributed by atoms with Gasteiger partial charge in [0.15, 0.2) is 0 Å². The number of aryl methyl sites for hydroxylation is 2. The van der Waals surface area contributed by atoms with Gasteiger partial charge in [-0.2, -0.15) is 0 Å². The summed E-state index contributed by atoms with van der Waals surface area (Å²) >= 11 is 7.55. The van der Waals surface area contributed by atoms with Crippen LogP contribution in [0.3, 0.4) is 0 Å². The lowest BCUT2D eigenvalue weighted by Crippen LogP contribution is -2.35. The Kier molecular flexibility index (Phi) is 6.35. The van der Waals surface area contributed by atoms with Crippen LogP contribution in [0.15, 0.2) is 41.8 Å². The molecule has 0 saturated carbocycles. The number of carbonyl (C=O) groups is 1. The van der Waals surface area contributed by atoms with Gasteiger partial charge in [-0.1, -0.05) is 29.8 Å². The molecule has 156 valence electrons. The maximum Gasteiger partial charge on any atom is 0.263 e. The Balaban J connectivity index is 1.57. The number of benzene rings is 1. The second-order valence-corrected chi connectivity index (χ2v) is 8.96. The molecule has 1 aliphatic rings. The molecule has 1 aromatic carbocycles. The van der Waals surface area contributed by atoms with E-state index in [4.69, 9.17) is 16.6 Å². The lowest BCUT2D eigenvalue weighted by molar-refractivity contribution is 0.0772. The zero-order valence-corrected chi connectivity index (χ0v) is 18.8. The molecule has 0 aliphatic carbocycles. The minimum absolute atomic E-state index is 0.128. The van der Waals surface area contributed by atoms with Crippen LogP contribution in [0.4, 0.5) is 5.82 Å². The van der Waals surface area contributed by atoms with Crippen molar-refractivity contribution in [3.05, 3.63) is 74.3 Å². The Morgan fingerprint density at radius 3 is 2.60 bits per heavy atom. The average Bonchev–Trinajstić information content (AvgIpc) is 3.15. The SMILES string of the molecule is Cc1nc(C)c(Cc2ccc(Cl)cc2)c(N2CCCN(C(=O)c3cccs3)CC2)n1. The van der Waals surface area contributed by atoms with Gasteiger partial charge in [-0.05, 0) is 49.4 Å². The molecule has 3 aromatic rings. The van der Waals surface area contributed by atoms with Crippen LogP contribution < -0.4 is 4.90 Å². The first-order valence-electron chi connectivity index (χ1n) is 10.2. The van der Waals surface area contributed by atoms with Crippen molar-refractivity contribution in [2.24, 2.45) is 0 Å². The number of carbonyl (C=O) groups excluding carboxylic acids is 1. The lowest BCUT2D eigenvalue weighted by atomic mass is 10.0. The van der Waals surface area contributed by atoms with Crippen LogP contribution in [0.1, 0.15) is 38.7 Å². The normalized spacial score (nSPS) is 14.6. The summed E-state index contributed by atoms with van der Waals surface area (Å²) in [5, 5.41) is 2.69. The van der Waals surface area contributed by atoms with E-state index in [-0.39, 0.29) is 5.91 Å². The van der Waals surface area contributed by atoms with E-state index in [0.29, 0.717) is 6.54 Å². The third kappa shape index (κ3) is 4.65. The summed E-state index contributed by atoms with van der Waals surface area (Å²) in [6, 6.07) is 11.8. The van der Waals surface area contributed by atoms with Gasteiger partial charge in [-0.3, -0.25) is 4.79 Å². The van der Waals surface area contributed by atoms with Gasteiger partial charge in [0.2, 0.25) is 0 Å². The van der Waals surface area contributed by atoms with Crippen LogP contribution in [-0.4, -0.2) is 47.0 Å². The molecular formula is C23H25ClN4OS. The maximum atomic E-state index is 12.8. The van der Waals surface area contributed by atoms with E-state index in [1.807, 2.05) is 48.4 Å². The Hall–Kier alpha value is -2.44. The number of rotatable bonds is 4. The molecule has 1 amide bonds. The van der Waals surface area contributed by atoms with Crippen LogP contribution in [0.25, 0.3) is 0 Å². The molecule has 1 aliphatic heterocycles. The highest BCUT2D eigenvalue weighted by Crippen LogP contribution is 2.26. The second-order valence-electron chi connectivity index (χ2n) is 7.57. The standard InChI is InChI=1S/C23H25ClN4OS/c1-16-20(15-18-6-8-19(24)9-7-18)22(26-17(2)25-16)27-10-4-11-28(13-12-27)23(29)21-5-3-14-30-21/h3,5-9,14H,4,10-13,15H2,1-2H3. The fraction of sp³-hybridized carbons (Fsp3) is 0.348. The summed E-state index contributed by atoms with van der Waals surface area (Å²) in [4.78, 5) is 27.3. The highest BCUT2D eigenvalue weighted by molar-refractivity contribution is 7.12. The van der Waals surface area contributed by atoms with Crippen molar-refractivity contribution in [3.63, 3.8) is 0 Å². The van der Waals surface area contributed by atoms with Crippen LogP contribution in [-0.2, 0) is 6.42 Å². The van der Waals surface area contributed by atoms with Crippen LogP contribution in [0.5, 0.6) is 0 Å². The zero-order chi connectivity index (χ0) is 21.1. The number of nitrogens with zero attached hydrogens (tertiary/aromatic N) is 4. The molecule has 5 nitrogen and oxygen atoms in total. The van der Waals surface area contributed by atoms with Crippen LogP contribution in [0.2, 0.25) is 5.02 Å². The molecular weight excluding hydrogens is 416 g/mol. The Bertz CT molecular complexity index is 1020. The molecule has 0 atom stereocenters. The van der Waals surface area contributed by atoms with Crippen molar-refractivity contribution < 1.29 is 4.79 Å². The number of anilines is 1. The summed E-state index contributed by atoms with van der Waals surface area (Å²) in [5.41, 5.74) is 3.32. The highest BCUT2D eigenvalue weighted by atomic mass is 35.5. The number of hydrogen-bond acceptors (Lipinski definition) is 5. The van der Waals surface area contributed by atoms with Crippen molar-refractivity contribution in [2.75, 3.05) is 31.1 Å². The summed E-state index contributed by atoms with van der Waals surface area (Å²) in [6.45, 7) is 7.08. The van der Waals surface area contributed by atoms with Gasteiger partial charge < -0.3 is 9.80 Å². The molecule has 3 heterocycles. The molecule has 0 bridgehead atoms. The third-order valence-electron chi connectivity index (χ3n) is 5.41. The fourth-order valence-corrected chi connectivity index (χ4v) is 4.70. The van der Waals surface area contributed by atoms with E-state index in [2.05, 4.69) is 22.0 Å². The Morgan fingerprint density at radius 2 is 1.87 bits per heavy atom. The lowest BCUT2D eigenvalue weighted by Gasteiger charge is -2.26. The number of thiophene rings is 1. The van der Waals surface area contributed by atoms with E-state index in [1.165, 1.54) is 16.9 Å². The molecule has 0 radical (unpaired) electrons. The molecule has 30 heavy (non-hydrogen) atoms.